The van der Waals surface area contributed by atoms with E-state index in [4.69, 9.17) is 0 Å². The fourth-order valence-corrected chi connectivity index (χ4v) is 4.22. The van der Waals surface area contributed by atoms with Crippen molar-refractivity contribution in [3.05, 3.63) is 33.8 Å². The molecule has 20 heavy (non-hydrogen) atoms. The molecule has 0 saturated carbocycles. The second-order valence-electron chi connectivity index (χ2n) is 5.04. The van der Waals surface area contributed by atoms with Crippen LogP contribution in [0.25, 0.3) is 0 Å². The van der Waals surface area contributed by atoms with Crippen LogP contribution in [0, 0.1) is 11.6 Å². The second kappa shape index (κ2) is 7.20. The van der Waals surface area contributed by atoms with Gasteiger partial charge in [-0.15, -0.1) is 0 Å². The first-order valence-corrected chi connectivity index (χ1v) is 8.57. The molecule has 2 rings (SSSR count). The Hall–Kier alpha value is -0.170. The summed E-state index contributed by atoms with van der Waals surface area (Å²) in [6.07, 6.45) is 0.350. The quantitative estimate of drug-likeness (QED) is 0.827. The molecule has 1 aliphatic heterocycles. The highest BCUT2D eigenvalue weighted by Gasteiger charge is 2.29. The molecule has 1 aromatic carbocycles. The lowest BCUT2D eigenvalue weighted by atomic mass is 9.98. The Labute approximate surface area is 131 Å². The molecule has 0 amide bonds. The average molecular weight is 365 g/mol. The van der Waals surface area contributed by atoms with Gasteiger partial charge in [-0.05, 0) is 48.6 Å². The molecule has 1 fully saturated rings. The lowest BCUT2D eigenvalue weighted by Crippen LogP contribution is -2.53. The SMILES string of the molecule is CNC(Cc1c(F)ccc(Br)c1F)C1CSCCN1C. The molecular weight excluding hydrogens is 346 g/mol. The van der Waals surface area contributed by atoms with Crippen LogP contribution in [0.1, 0.15) is 5.56 Å². The summed E-state index contributed by atoms with van der Waals surface area (Å²) in [5.74, 6) is 1.14. The zero-order valence-corrected chi connectivity index (χ0v) is 14.0. The normalized spacial score (nSPS) is 21.9. The van der Waals surface area contributed by atoms with Gasteiger partial charge in [0.25, 0.3) is 0 Å². The third-order valence-electron chi connectivity index (χ3n) is 3.84. The Morgan fingerprint density at radius 3 is 2.90 bits per heavy atom. The second-order valence-corrected chi connectivity index (χ2v) is 7.05. The van der Waals surface area contributed by atoms with E-state index in [1.807, 2.05) is 18.8 Å². The van der Waals surface area contributed by atoms with Gasteiger partial charge in [0.2, 0.25) is 0 Å². The summed E-state index contributed by atoms with van der Waals surface area (Å²) in [6.45, 7) is 1.01. The van der Waals surface area contributed by atoms with E-state index in [0.717, 1.165) is 18.1 Å². The number of hydrogen-bond acceptors (Lipinski definition) is 3. The first-order valence-electron chi connectivity index (χ1n) is 6.62. The van der Waals surface area contributed by atoms with Gasteiger partial charge in [0.15, 0.2) is 0 Å². The van der Waals surface area contributed by atoms with Crippen molar-refractivity contribution >= 4 is 27.7 Å². The Morgan fingerprint density at radius 1 is 1.50 bits per heavy atom. The van der Waals surface area contributed by atoms with Gasteiger partial charge in [0.05, 0.1) is 4.47 Å². The molecule has 2 nitrogen and oxygen atoms in total. The van der Waals surface area contributed by atoms with Crippen molar-refractivity contribution < 1.29 is 8.78 Å². The molecule has 1 aliphatic rings. The maximum absolute atomic E-state index is 14.1. The Morgan fingerprint density at radius 2 is 2.25 bits per heavy atom. The van der Waals surface area contributed by atoms with Crippen LogP contribution < -0.4 is 5.32 Å². The molecule has 6 heteroatoms. The Balaban J connectivity index is 2.20. The number of hydrogen-bond donors (Lipinski definition) is 1. The van der Waals surface area contributed by atoms with Gasteiger partial charge in [0.1, 0.15) is 11.6 Å². The van der Waals surface area contributed by atoms with Gasteiger partial charge in [-0.25, -0.2) is 8.78 Å². The number of nitrogens with zero attached hydrogens (tertiary/aromatic N) is 1. The number of nitrogens with one attached hydrogen (secondary N) is 1. The molecule has 2 atom stereocenters. The number of benzene rings is 1. The zero-order chi connectivity index (χ0) is 14.7. The number of rotatable bonds is 4. The first-order chi connectivity index (χ1) is 9.54. The molecular formula is C14H19BrF2N2S. The van der Waals surface area contributed by atoms with Gasteiger partial charge in [-0.2, -0.15) is 11.8 Å². The van der Waals surface area contributed by atoms with Gasteiger partial charge in [0, 0.05) is 35.7 Å². The fourth-order valence-electron chi connectivity index (χ4n) is 2.54. The molecule has 0 aromatic heterocycles. The van der Waals surface area contributed by atoms with Crippen molar-refractivity contribution in [3.8, 4) is 0 Å². The summed E-state index contributed by atoms with van der Waals surface area (Å²) >= 11 is 5.02. The van der Waals surface area contributed by atoms with Crippen molar-refractivity contribution in [2.75, 3.05) is 32.1 Å². The van der Waals surface area contributed by atoms with Crippen LogP contribution >= 0.6 is 27.7 Å². The predicted octanol–water partition coefficient (Wildman–Crippen LogP) is 2.91. The van der Waals surface area contributed by atoms with Crippen molar-refractivity contribution in [2.24, 2.45) is 0 Å². The maximum atomic E-state index is 14.1. The number of thioether (sulfide) groups is 1. The summed E-state index contributed by atoms with van der Waals surface area (Å²) in [6, 6.07) is 3.04. The standard InChI is InChI=1S/C14H19BrF2N2S/c1-18-12(13-8-20-6-5-19(13)2)7-9-11(16)4-3-10(15)14(9)17/h3-4,12-13,18H,5-8H2,1-2H3. The zero-order valence-electron chi connectivity index (χ0n) is 11.6. The summed E-state index contributed by atoms with van der Waals surface area (Å²) in [5, 5.41) is 3.22. The van der Waals surface area contributed by atoms with Gasteiger partial charge in [-0.3, -0.25) is 0 Å². The third-order valence-corrected chi connectivity index (χ3v) is 5.50. The van der Waals surface area contributed by atoms with Crippen molar-refractivity contribution in [1.29, 1.82) is 0 Å². The van der Waals surface area contributed by atoms with E-state index in [1.54, 1.807) is 0 Å². The van der Waals surface area contributed by atoms with E-state index in [-0.39, 0.29) is 17.6 Å². The molecule has 1 N–H and O–H groups in total. The molecule has 0 bridgehead atoms. The minimum Gasteiger partial charge on any atom is -0.315 e. The molecule has 2 unspecified atom stereocenters. The van der Waals surface area contributed by atoms with Crippen LogP contribution in [-0.2, 0) is 6.42 Å². The summed E-state index contributed by atoms with van der Waals surface area (Å²) in [7, 11) is 3.92. The van der Waals surface area contributed by atoms with Crippen LogP contribution in [0.5, 0.6) is 0 Å². The van der Waals surface area contributed by atoms with Crippen molar-refractivity contribution in [3.63, 3.8) is 0 Å². The highest BCUT2D eigenvalue weighted by atomic mass is 79.9. The summed E-state index contributed by atoms with van der Waals surface area (Å²) in [4.78, 5) is 2.27. The third kappa shape index (κ3) is 3.53. The highest BCUT2D eigenvalue weighted by molar-refractivity contribution is 9.10. The Kier molecular flexibility index (Phi) is 5.84. The van der Waals surface area contributed by atoms with Gasteiger partial charge >= 0.3 is 0 Å². The number of halogens is 3. The lowest BCUT2D eigenvalue weighted by molar-refractivity contribution is 0.217. The number of likely N-dealkylation sites (N-methyl/N-ethyl adjacent to an activating group) is 2. The summed E-state index contributed by atoms with van der Waals surface area (Å²) < 4.78 is 28.3. The molecule has 112 valence electrons. The molecule has 1 aromatic rings. The van der Waals surface area contributed by atoms with Crippen LogP contribution in [0.15, 0.2) is 16.6 Å². The Bertz CT molecular complexity index is 473. The fraction of sp³-hybridized carbons (Fsp3) is 0.571. The largest absolute Gasteiger partial charge is 0.315 e. The van der Waals surface area contributed by atoms with Crippen molar-refractivity contribution in [1.82, 2.24) is 10.2 Å². The van der Waals surface area contributed by atoms with Crippen LogP contribution in [0.2, 0.25) is 0 Å². The molecule has 1 heterocycles. The minimum atomic E-state index is -0.489. The summed E-state index contributed by atoms with van der Waals surface area (Å²) in [5.41, 5.74) is 0.155. The van der Waals surface area contributed by atoms with E-state index >= 15 is 0 Å². The van der Waals surface area contributed by atoms with Gasteiger partial charge < -0.3 is 10.2 Å². The van der Waals surface area contributed by atoms with Crippen LogP contribution in [0.3, 0.4) is 0 Å². The van der Waals surface area contributed by atoms with Gasteiger partial charge in [-0.1, -0.05) is 0 Å². The van der Waals surface area contributed by atoms with E-state index in [0.29, 0.717) is 10.9 Å². The first kappa shape index (κ1) is 16.2. The predicted molar refractivity (Wildman–Crippen MR) is 84.4 cm³/mol. The molecule has 0 spiro atoms. The molecule has 0 radical (unpaired) electrons. The van der Waals surface area contributed by atoms with E-state index in [2.05, 4.69) is 33.2 Å². The monoisotopic (exact) mass is 364 g/mol. The van der Waals surface area contributed by atoms with Crippen LogP contribution in [0.4, 0.5) is 8.78 Å². The average Bonchev–Trinajstić information content (AvgIpc) is 2.45. The van der Waals surface area contributed by atoms with E-state index in [1.165, 1.54) is 12.1 Å². The highest BCUT2D eigenvalue weighted by Crippen LogP contribution is 2.25. The van der Waals surface area contributed by atoms with Crippen molar-refractivity contribution in [2.45, 2.75) is 18.5 Å². The van der Waals surface area contributed by atoms with E-state index < -0.39 is 11.6 Å². The topological polar surface area (TPSA) is 15.3 Å². The minimum absolute atomic E-state index is 0.0334. The van der Waals surface area contributed by atoms with Crippen LogP contribution in [-0.4, -0.2) is 49.1 Å². The smallest absolute Gasteiger partial charge is 0.143 e. The molecule has 0 aliphatic carbocycles. The maximum Gasteiger partial charge on any atom is 0.143 e. The molecule has 1 saturated heterocycles. The van der Waals surface area contributed by atoms with E-state index in [9.17, 15) is 8.78 Å². The lowest BCUT2D eigenvalue weighted by Gasteiger charge is -2.37.